The van der Waals surface area contributed by atoms with Crippen molar-refractivity contribution in [1.29, 1.82) is 0 Å². The van der Waals surface area contributed by atoms with Crippen LogP contribution in [-0.2, 0) is 12.8 Å². The van der Waals surface area contributed by atoms with E-state index >= 15 is 0 Å². The summed E-state index contributed by atoms with van der Waals surface area (Å²) in [6.07, 6.45) is 8.97. The van der Waals surface area contributed by atoms with Gasteiger partial charge in [0.2, 0.25) is 0 Å². The highest BCUT2D eigenvalue weighted by Crippen LogP contribution is 2.51. The third-order valence-electron chi connectivity index (χ3n) is 10.8. The van der Waals surface area contributed by atoms with Gasteiger partial charge < -0.3 is 4.74 Å². The third kappa shape index (κ3) is 6.50. The van der Waals surface area contributed by atoms with Crippen molar-refractivity contribution in [2.45, 2.75) is 71.0 Å². The average molecular weight is 671 g/mol. The largest absolute Gasteiger partial charge is 0.489 e. The Bertz CT molecular complexity index is 2050. The van der Waals surface area contributed by atoms with E-state index in [4.69, 9.17) is 4.74 Å². The molecule has 0 heterocycles. The van der Waals surface area contributed by atoms with Gasteiger partial charge in [-0.05, 0) is 91.9 Å². The molecule has 6 aromatic rings. The van der Waals surface area contributed by atoms with Crippen molar-refractivity contribution in [3.63, 3.8) is 0 Å². The van der Waals surface area contributed by atoms with Crippen LogP contribution in [0.25, 0.3) is 44.2 Å². The van der Waals surface area contributed by atoms with Crippen molar-refractivity contribution in [1.82, 2.24) is 0 Å². The molecule has 6 aromatic carbocycles. The second-order valence-corrected chi connectivity index (χ2v) is 19.2. The van der Waals surface area contributed by atoms with Crippen LogP contribution in [0, 0.1) is 0 Å². The molecule has 0 aromatic heterocycles. The Labute approximate surface area is 300 Å². The molecule has 0 radical (unpaired) electrons. The summed E-state index contributed by atoms with van der Waals surface area (Å²) in [5.74, 6) is 1.02. The summed E-state index contributed by atoms with van der Waals surface area (Å²) < 4.78 is 6.61. The van der Waals surface area contributed by atoms with Crippen molar-refractivity contribution in [2.24, 2.45) is 0 Å². The lowest BCUT2D eigenvalue weighted by Gasteiger charge is -2.34. The number of rotatable bonds is 13. The Kier molecular flexibility index (Phi) is 9.92. The van der Waals surface area contributed by atoms with Gasteiger partial charge in [-0.15, -0.1) is 0 Å². The van der Waals surface area contributed by atoms with E-state index in [2.05, 4.69) is 155 Å². The number of ether oxygens (including phenoxy) is 1. The van der Waals surface area contributed by atoms with Crippen molar-refractivity contribution in [3.05, 3.63) is 156 Å². The first-order valence-electron chi connectivity index (χ1n) is 18.7. The van der Waals surface area contributed by atoms with Gasteiger partial charge in [0.05, 0.1) is 8.07 Å². The summed E-state index contributed by atoms with van der Waals surface area (Å²) in [5.41, 5.74) is 14.0. The van der Waals surface area contributed by atoms with Gasteiger partial charge in [-0.2, -0.15) is 0 Å². The standard InChI is InChI=1S/C48H50OSi/c1-6-9-15-34-17-13-20-37(30-34)39-23-26-42-43-27-24-40(38-21-14-18-35(31-38)16-10-7-2)33-45(43)48(44(42)32-39)50(4,5)46-28-25-36-19-11-12-22-41(36)47(46)49-29-8-3/h8,11-14,17-28,30-33,48H,3,6-7,9-10,15-16,29H2,1-2,4-5H3. The lowest BCUT2D eigenvalue weighted by atomic mass is 9.96. The van der Waals surface area contributed by atoms with Gasteiger partial charge in [0.25, 0.3) is 0 Å². The first-order chi connectivity index (χ1) is 24.4. The average Bonchev–Trinajstić information content (AvgIpc) is 3.49. The van der Waals surface area contributed by atoms with Gasteiger partial charge >= 0.3 is 0 Å². The Balaban J connectivity index is 1.41. The monoisotopic (exact) mass is 670 g/mol. The number of hydrogen-bond donors (Lipinski definition) is 0. The molecule has 252 valence electrons. The summed E-state index contributed by atoms with van der Waals surface area (Å²) in [5, 5.41) is 3.75. The highest BCUT2D eigenvalue weighted by Gasteiger charge is 2.44. The molecule has 0 saturated carbocycles. The van der Waals surface area contributed by atoms with E-state index < -0.39 is 8.07 Å². The van der Waals surface area contributed by atoms with Gasteiger partial charge in [-0.25, -0.2) is 0 Å². The summed E-state index contributed by atoms with van der Waals surface area (Å²) in [4.78, 5) is 0. The maximum atomic E-state index is 6.61. The van der Waals surface area contributed by atoms with Crippen LogP contribution >= 0.6 is 0 Å². The molecular formula is C48H50OSi. The molecule has 0 aliphatic heterocycles. The number of aryl methyl sites for hydroxylation is 2. The van der Waals surface area contributed by atoms with Crippen molar-refractivity contribution in [2.75, 3.05) is 6.61 Å². The van der Waals surface area contributed by atoms with E-state index in [0.29, 0.717) is 6.61 Å². The fraction of sp³-hybridized carbons (Fsp3) is 0.250. The van der Waals surface area contributed by atoms with Crippen LogP contribution in [0.3, 0.4) is 0 Å². The summed E-state index contributed by atoms with van der Waals surface area (Å²) in [7, 11) is -2.32. The molecule has 50 heavy (non-hydrogen) atoms. The lowest BCUT2D eigenvalue weighted by molar-refractivity contribution is 0.370. The van der Waals surface area contributed by atoms with Crippen LogP contribution in [0.2, 0.25) is 13.1 Å². The van der Waals surface area contributed by atoms with Crippen molar-refractivity contribution < 1.29 is 4.74 Å². The second-order valence-electron chi connectivity index (χ2n) is 14.6. The number of fused-ring (bicyclic) bond motifs is 4. The fourth-order valence-electron chi connectivity index (χ4n) is 8.18. The molecule has 0 spiro atoms. The van der Waals surface area contributed by atoms with Crippen LogP contribution in [0.15, 0.2) is 134 Å². The predicted molar refractivity (Wildman–Crippen MR) is 219 cm³/mol. The minimum absolute atomic E-state index is 0.256. The molecule has 0 fully saturated rings. The van der Waals surface area contributed by atoms with Gasteiger partial charge in [0, 0.05) is 10.9 Å². The molecule has 0 bridgehead atoms. The van der Waals surface area contributed by atoms with E-state index in [0.717, 1.165) is 18.6 Å². The summed E-state index contributed by atoms with van der Waals surface area (Å²) in [6, 6.07) is 46.2. The minimum atomic E-state index is -2.32. The maximum Gasteiger partial charge on any atom is 0.126 e. The number of benzene rings is 6. The Morgan fingerprint density at radius 3 is 1.74 bits per heavy atom. The van der Waals surface area contributed by atoms with E-state index in [1.54, 1.807) is 0 Å². The Morgan fingerprint density at radius 2 is 1.18 bits per heavy atom. The zero-order valence-corrected chi connectivity index (χ0v) is 31.3. The Morgan fingerprint density at radius 1 is 0.620 bits per heavy atom. The van der Waals surface area contributed by atoms with Crippen LogP contribution in [0.4, 0.5) is 0 Å². The van der Waals surface area contributed by atoms with E-state index in [1.807, 2.05) is 6.08 Å². The minimum Gasteiger partial charge on any atom is -0.489 e. The maximum absolute atomic E-state index is 6.61. The molecule has 1 aliphatic carbocycles. The lowest BCUT2D eigenvalue weighted by Crippen LogP contribution is -2.48. The Hall–Kier alpha value is -4.66. The summed E-state index contributed by atoms with van der Waals surface area (Å²) >= 11 is 0. The van der Waals surface area contributed by atoms with Crippen LogP contribution in [0.5, 0.6) is 5.75 Å². The SMILES string of the molecule is C=CCOc1c([Si](C)(C)C2c3cc(-c4cccc(CCCC)c4)ccc3-c3ccc(-c4cccc(CCCC)c4)cc32)ccc2ccccc12. The molecule has 7 rings (SSSR count). The highest BCUT2D eigenvalue weighted by molar-refractivity contribution is 6.92. The molecule has 0 atom stereocenters. The normalized spacial score (nSPS) is 12.6. The third-order valence-corrected chi connectivity index (χ3v) is 14.7. The smallest absolute Gasteiger partial charge is 0.126 e. The van der Waals surface area contributed by atoms with Crippen LogP contribution < -0.4 is 9.92 Å². The molecule has 2 heteroatoms. The van der Waals surface area contributed by atoms with Gasteiger partial charge in [-0.3, -0.25) is 0 Å². The molecule has 0 unspecified atom stereocenters. The zero-order chi connectivity index (χ0) is 34.7. The first kappa shape index (κ1) is 33.8. The second kappa shape index (κ2) is 14.7. The van der Waals surface area contributed by atoms with Crippen molar-refractivity contribution >= 4 is 24.0 Å². The van der Waals surface area contributed by atoms with Crippen LogP contribution in [0.1, 0.15) is 67.3 Å². The molecule has 1 nitrogen and oxygen atoms in total. The fourth-order valence-corrected chi connectivity index (χ4v) is 11.8. The van der Waals surface area contributed by atoms with Crippen LogP contribution in [-0.4, -0.2) is 14.7 Å². The molecule has 1 aliphatic rings. The van der Waals surface area contributed by atoms with Gasteiger partial charge in [0.1, 0.15) is 12.4 Å². The number of hydrogen-bond acceptors (Lipinski definition) is 1. The molecular weight excluding hydrogens is 621 g/mol. The van der Waals surface area contributed by atoms with Gasteiger partial charge in [-0.1, -0.05) is 174 Å². The van der Waals surface area contributed by atoms with Crippen molar-refractivity contribution in [3.8, 4) is 39.1 Å². The molecule has 0 amide bonds. The van der Waals surface area contributed by atoms with E-state index in [1.165, 1.54) is 97.3 Å². The first-order valence-corrected chi connectivity index (χ1v) is 21.7. The summed E-state index contributed by atoms with van der Waals surface area (Å²) in [6.45, 7) is 14.1. The zero-order valence-electron chi connectivity index (χ0n) is 30.3. The quantitative estimate of drug-likeness (QED) is 0.0878. The predicted octanol–water partition coefficient (Wildman–Crippen LogP) is 12.7. The van der Waals surface area contributed by atoms with Gasteiger partial charge in [0.15, 0.2) is 0 Å². The van der Waals surface area contributed by atoms with E-state index in [9.17, 15) is 0 Å². The molecule has 0 saturated heterocycles. The topological polar surface area (TPSA) is 9.23 Å². The highest BCUT2D eigenvalue weighted by atomic mass is 28.3. The number of unbranched alkanes of at least 4 members (excludes halogenated alkanes) is 2. The van der Waals surface area contributed by atoms with E-state index in [-0.39, 0.29) is 5.54 Å². The molecule has 0 N–H and O–H groups in total.